The molecule has 3 heteroatoms. The molecule has 2 aromatic carbocycles. The van der Waals surface area contributed by atoms with E-state index in [1.165, 1.54) is 11.1 Å². The lowest BCUT2D eigenvalue weighted by Gasteiger charge is -2.11. The number of hydrogen-bond acceptors (Lipinski definition) is 3. The SMILES string of the molecule is CNC(C)Cc1ccc(CNc2cccc(N)c2)cc1. The average Bonchev–Trinajstić information content (AvgIpc) is 2.46. The van der Waals surface area contributed by atoms with Crippen molar-refractivity contribution in [3.8, 4) is 0 Å². The number of rotatable bonds is 6. The van der Waals surface area contributed by atoms with Crippen LogP contribution >= 0.6 is 0 Å². The zero-order chi connectivity index (χ0) is 14.4. The lowest BCUT2D eigenvalue weighted by molar-refractivity contribution is 0.608. The van der Waals surface area contributed by atoms with Gasteiger partial charge in [-0.1, -0.05) is 30.3 Å². The number of nitrogens with one attached hydrogen (secondary N) is 2. The molecule has 0 fully saturated rings. The van der Waals surface area contributed by atoms with Crippen LogP contribution in [0.3, 0.4) is 0 Å². The van der Waals surface area contributed by atoms with Gasteiger partial charge < -0.3 is 16.4 Å². The van der Waals surface area contributed by atoms with Gasteiger partial charge in [0.05, 0.1) is 0 Å². The third-order valence-corrected chi connectivity index (χ3v) is 3.44. The number of hydrogen-bond donors (Lipinski definition) is 3. The van der Waals surface area contributed by atoms with Crippen molar-refractivity contribution < 1.29 is 0 Å². The maximum absolute atomic E-state index is 5.76. The number of likely N-dealkylation sites (N-methyl/N-ethyl adjacent to an activating group) is 1. The molecule has 0 aliphatic heterocycles. The fourth-order valence-corrected chi connectivity index (χ4v) is 2.10. The van der Waals surface area contributed by atoms with E-state index in [9.17, 15) is 0 Å². The molecule has 4 N–H and O–H groups in total. The van der Waals surface area contributed by atoms with Gasteiger partial charge in [0.25, 0.3) is 0 Å². The standard InChI is InChI=1S/C17H23N3/c1-13(19-2)10-14-6-8-15(9-7-14)12-20-17-5-3-4-16(18)11-17/h3-9,11,13,19-20H,10,12,18H2,1-2H3. The van der Waals surface area contributed by atoms with Gasteiger partial charge in [0.1, 0.15) is 0 Å². The van der Waals surface area contributed by atoms with E-state index in [0.29, 0.717) is 6.04 Å². The quantitative estimate of drug-likeness (QED) is 0.707. The average molecular weight is 269 g/mol. The van der Waals surface area contributed by atoms with E-state index in [2.05, 4.69) is 41.8 Å². The van der Waals surface area contributed by atoms with Gasteiger partial charge in [0.15, 0.2) is 0 Å². The monoisotopic (exact) mass is 269 g/mol. The van der Waals surface area contributed by atoms with E-state index >= 15 is 0 Å². The minimum absolute atomic E-state index is 0.506. The predicted molar refractivity (Wildman–Crippen MR) is 86.8 cm³/mol. The van der Waals surface area contributed by atoms with Crippen LogP contribution in [0, 0.1) is 0 Å². The first-order chi connectivity index (χ1) is 9.67. The van der Waals surface area contributed by atoms with Crippen molar-refractivity contribution in [2.75, 3.05) is 18.1 Å². The molecule has 0 radical (unpaired) electrons. The predicted octanol–water partition coefficient (Wildman–Crippen LogP) is 3.03. The van der Waals surface area contributed by atoms with Crippen molar-refractivity contribution >= 4 is 11.4 Å². The van der Waals surface area contributed by atoms with Gasteiger partial charge in [-0.25, -0.2) is 0 Å². The Balaban J connectivity index is 1.90. The summed E-state index contributed by atoms with van der Waals surface area (Å²) < 4.78 is 0. The lowest BCUT2D eigenvalue weighted by Crippen LogP contribution is -2.23. The summed E-state index contributed by atoms with van der Waals surface area (Å²) in [5, 5.41) is 6.64. The van der Waals surface area contributed by atoms with Crippen molar-refractivity contribution in [1.29, 1.82) is 0 Å². The molecule has 0 aromatic heterocycles. The highest BCUT2D eigenvalue weighted by Crippen LogP contribution is 2.14. The summed E-state index contributed by atoms with van der Waals surface area (Å²) in [5.41, 5.74) is 10.2. The Hall–Kier alpha value is -2.00. The highest BCUT2D eigenvalue weighted by molar-refractivity contribution is 5.54. The molecule has 1 atom stereocenters. The number of benzene rings is 2. The summed E-state index contributed by atoms with van der Waals surface area (Å²) in [4.78, 5) is 0. The minimum Gasteiger partial charge on any atom is -0.399 e. The van der Waals surface area contributed by atoms with Gasteiger partial charge in [0.2, 0.25) is 0 Å². The Morgan fingerprint density at radius 3 is 2.40 bits per heavy atom. The van der Waals surface area contributed by atoms with Crippen LogP contribution in [0.4, 0.5) is 11.4 Å². The molecular formula is C17H23N3. The van der Waals surface area contributed by atoms with E-state index in [0.717, 1.165) is 24.3 Å². The highest BCUT2D eigenvalue weighted by atomic mass is 14.9. The van der Waals surface area contributed by atoms with Gasteiger partial charge in [-0.2, -0.15) is 0 Å². The molecule has 3 nitrogen and oxygen atoms in total. The molecule has 0 heterocycles. The summed E-state index contributed by atoms with van der Waals surface area (Å²) in [6.45, 7) is 3.00. The second kappa shape index (κ2) is 6.96. The van der Waals surface area contributed by atoms with Crippen LogP contribution in [0.15, 0.2) is 48.5 Å². The van der Waals surface area contributed by atoms with Crippen LogP contribution in [-0.2, 0) is 13.0 Å². The van der Waals surface area contributed by atoms with Crippen LogP contribution in [-0.4, -0.2) is 13.1 Å². The topological polar surface area (TPSA) is 50.1 Å². The fraction of sp³-hybridized carbons (Fsp3) is 0.294. The molecule has 0 saturated heterocycles. The maximum atomic E-state index is 5.76. The summed E-state index contributed by atoms with van der Waals surface area (Å²) in [5.74, 6) is 0. The summed E-state index contributed by atoms with van der Waals surface area (Å²) in [7, 11) is 1.99. The third-order valence-electron chi connectivity index (χ3n) is 3.44. The number of anilines is 2. The number of nitrogen functional groups attached to an aromatic ring is 1. The number of nitrogens with two attached hydrogens (primary N) is 1. The Bertz CT molecular complexity index is 534. The molecule has 0 aliphatic carbocycles. The summed E-state index contributed by atoms with van der Waals surface area (Å²) in [6, 6.07) is 17.1. The molecular weight excluding hydrogens is 246 g/mol. The third kappa shape index (κ3) is 4.28. The molecule has 0 bridgehead atoms. The Morgan fingerprint density at radius 1 is 1.05 bits per heavy atom. The van der Waals surface area contributed by atoms with E-state index in [4.69, 9.17) is 5.73 Å². The van der Waals surface area contributed by atoms with Gasteiger partial charge >= 0.3 is 0 Å². The van der Waals surface area contributed by atoms with Gasteiger partial charge in [0, 0.05) is 24.0 Å². The zero-order valence-electron chi connectivity index (χ0n) is 12.2. The molecule has 0 spiro atoms. The smallest absolute Gasteiger partial charge is 0.0400 e. The van der Waals surface area contributed by atoms with Gasteiger partial charge in [-0.05, 0) is 49.7 Å². The second-order valence-electron chi connectivity index (χ2n) is 5.19. The van der Waals surface area contributed by atoms with Crippen molar-refractivity contribution in [3.63, 3.8) is 0 Å². The van der Waals surface area contributed by atoms with Crippen LogP contribution in [0.2, 0.25) is 0 Å². The Morgan fingerprint density at radius 2 is 1.75 bits per heavy atom. The van der Waals surface area contributed by atoms with Crippen LogP contribution in [0.5, 0.6) is 0 Å². The molecule has 0 amide bonds. The van der Waals surface area contributed by atoms with E-state index in [1.807, 2.05) is 31.3 Å². The first-order valence-corrected chi connectivity index (χ1v) is 7.02. The van der Waals surface area contributed by atoms with Crippen LogP contribution in [0.1, 0.15) is 18.1 Å². The molecule has 0 saturated carbocycles. The summed E-state index contributed by atoms with van der Waals surface area (Å²) in [6.07, 6.45) is 1.05. The van der Waals surface area contributed by atoms with Gasteiger partial charge in [-0.15, -0.1) is 0 Å². The molecule has 20 heavy (non-hydrogen) atoms. The fourth-order valence-electron chi connectivity index (χ4n) is 2.10. The van der Waals surface area contributed by atoms with Crippen molar-refractivity contribution in [1.82, 2.24) is 5.32 Å². The molecule has 0 aliphatic rings. The molecule has 2 rings (SSSR count). The van der Waals surface area contributed by atoms with E-state index < -0.39 is 0 Å². The highest BCUT2D eigenvalue weighted by Gasteiger charge is 2.01. The molecule has 2 aromatic rings. The van der Waals surface area contributed by atoms with E-state index in [-0.39, 0.29) is 0 Å². The largest absolute Gasteiger partial charge is 0.399 e. The van der Waals surface area contributed by atoms with Crippen molar-refractivity contribution in [3.05, 3.63) is 59.7 Å². The summed E-state index contributed by atoms with van der Waals surface area (Å²) >= 11 is 0. The van der Waals surface area contributed by atoms with Crippen molar-refractivity contribution in [2.45, 2.75) is 25.9 Å². The lowest BCUT2D eigenvalue weighted by atomic mass is 10.1. The van der Waals surface area contributed by atoms with Crippen LogP contribution in [0.25, 0.3) is 0 Å². The zero-order valence-corrected chi connectivity index (χ0v) is 12.2. The minimum atomic E-state index is 0.506. The first kappa shape index (κ1) is 14.4. The van der Waals surface area contributed by atoms with Gasteiger partial charge in [-0.3, -0.25) is 0 Å². The Kier molecular flexibility index (Phi) is 5.02. The first-order valence-electron chi connectivity index (χ1n) is 7.02. The maximum Gasteiger partial charge on any atom is 0.0400 e. The van der Waals surface area contributed by atoms with Crippen molar-refractivity contribution in [2.24, 2.45) is 0 Å². The molecule has 106 valence electrons. The Labute approximate surface area is 121 Å². The molecule has 1 unspecified atom stereocenters. The second-order valence-corrected chi connectivity index (χ2v) is 5.19. The normalized spacial score (nSPS) is 12.1. The van der Waals surface area contributed by atoms with E-state index in [1.54, 1.807) is 0 Å². The van der Waals surface area contributed by atoms with Crippen LogP contribution < -0.4 is 16.4 Å².